The summed E-state index contributed by atoms with van der Waals surface area (Å²) < 4.78 is 11.5. The molecule has 2 aromatic rings. The van der Waals surface area contributed by atoms with Gasteiger partial charge in [-0.05, 0) is 48.8 Å². The van der Waals surface area contributed by atoms with Gasteiger partial charge in [-0.25, -0.2) is 19.7 Å². The van der Waals surface area contributed by atoms with Crippen molar-refractivity contribution in [3.05, 3.63) is 41.1 Å². The van der Waals surface area contributed by atoms with Crippen LogP contribution in [0.5, 0.6) is 5.75 Å². The Morgan fingerprint density at radius 2 is 1.78 bits per heavy atom. The SMILES string of the molecule is COc1ccccc1N(C(=O)OC(C)(C)C)c1ncc(Br)cn1. The van der Waals surface area contributed by atoms with Crippen LogP contribution in [0.25, 0.3) is 0 Å². The molecule has 0 aliphatic heterocycles. The molecule has 0 saturated heterocycles. The Bertz CT molecular complexity index is 684. The monoisotopic (exact) mass is 379 g/mol. The fraction of sp³-hybridized carbons (Fsp3) is 0.312. The molecular weight excluding hydrogens is 362 g/mol. The zero-order chi connectivity index (χ0) is 17.0. The lowest BCUT2D eigenvalue weighted by atomic mass is 10.2. The van der Waals surface area contributed by atoms with Crippen LogP contribution in [0, 0.1) is 0 Å². The molecule has 7 heteroatoms. The largest absolute Gasteiger partial charge is 0.495 e. The van der Waals surface area contributed by atoms with Gasteiger partial charge < -0.3 is 9.47 Å². The van der Waals surface area contributed by atoms with Crippen molar-refractivity contribution in [2.24, 2.45) is 0 Å². The van der Waals surface area contributed by atoms with Gasteiger partial charge in [-0.1, -0.05) is 12.1 Å². The average molecular weight is 380 g/mol. The summed E-state index contributed by atoms with van der Waals surface area (Å²) in [4.78, 5) is 22.3. The van der Waals surface area contributed by atoms with E-state index in [0.717, 1.165) is 0 Å². The van der Waals surface area contributed by atoms with Crippen LogP contribution in [0.15, 0.2) is 41.1 Å². The van der Waals surface area contributed by atoms with Crippen LogP contribution in [0.2, 0.25) is 0 Å². The maximum Gasteiger partial charge on any atom is 0.422 e. The van der Waals surface area contributed by atoms with Crippen molar-refractivity contribution in [1.29, 1.82) is 0 Å². The second-order valence-corrected chi connectivity index (χ2v) is 6.60. The summed E-state index contributed by atoms with van der Waals surface area (Å²) in [5.41, 5.74) is -0.140. The first kappa shape index (κ1) is 17.2. The third kappa shape index (κ3) is 4.41. The van der Waals surface area contributed by atoms with Crippen molar-refractivity contribution in [3.63, 3.8) is 0 Å². The number of carbonyl (C=O) groups excluding carboxylic acids is 1. The molecule has 122 valence electrons. The number of halogens is 1. The molecule has 0 atom stereocenters. The second-order valence-electron chi connectivity index (χ2n) is 5.69. The summed E-state index contributed by atoms with van der Waals surface area (Å²) >= 11 is 3.28. The number of rotatable bonds is 3. The molecule has 0 N–H and O–H groups in total. The molecule has 1 aromatic carbocycles. The molecule has 0 spiro atoms. The van der Waals surface area contributed by atoms with Gasteiger partial charge in [-0.2, -0.15) is 0 Å². The Hall–Kier alpha value is -2.15. The van der Waals surface area contributed by atoms with Gasteiger partial charge in [0, 0.05) is 12.4 Å². The van der Waals surface area contributed by atoms with Gasteiger partial charge in [0.15, 0.2) is 0 Å². The predicted molar refractivity (Wildman–Crippen MR) is 91.1 cm³/mol. The molecule has 0 unspecified atom stereocenters. The summed E-state index contributed by atoms with van der Waals surface area (Å²) in [6.07, 6.45) is 2.55. The summed E-state index contributed by atoms with van der Waals surface area (Å²) in [6.45, 7) is 5.40. The van der Waals surface area contributed by atoms with Gasteiger partial charge in [0.1, 0.15) is 11.4 Å². The molecule has 0 fully saturated rings. The van der Waals surface area contributed by atoms with Gasteiger partial charge in [-0.15, -0.1) is 0 Å². The smallest absolute Gasteiger partial charge is 0.422 e. The summed E-state index contributed by atoms with van der Waals surface area (Å²) in [5, 5.41) is 0. The van der Waals surface area contributed by atoms with Crippen LogP contribution in [0.3, 0.4) is 0 Å². The van der Waals surface area contributed by atoms with E-state index < -0.39 is 11.7 Å². The van der Waals surface area contributed by atoms with Crippen LogP contribution in [-0.2, 0) is 4.74 Å². The quantitative estimate of drug-likeness (QED) is 0.794. The van der Waals surface area contributed by atoms with Gasteiger partial charge >= 0.3 is 6.09 Å². The lowest BCUT2D eigenvalue weighted by Gasteiger charge is -2.26. The maximum absolute atomic E-state index is 12.7. The van der Waals surface area contributed by atoms with E-state index in [1.54, 1.807) is 51.4 Å². The van der Waals surface area contributed by atoms with Crippen molar-refractivity contribution in [1.82, 2.24) is 9.97 Å². The number of hydrogen-bond acceptors (Lipinski definition) is 5. The highest BCUT2D eigenvalue weighted by molar-refractivity contribution is 9.10. The molecule has 1 heterocycles. The number of nitrogens with zero attached hydrogens (tertiary/aromatic N) is 3. The molecule has 0 aliphatic rings. The standard InChI is InChI=1S/C16H18BrN3O3/c1-16(2,3)23-15(21)20(14-18-9-11(17)10-19-14)12-7-5-6-8-13(12)22-4/h5-10H,1-4H3. The first-order valence-electron chi connectivity index (χ1n) is 6.95. The van der Waals surface area contributed by atoms with Gasteiger partial charge in [-0.3, -0.25) is 0 Å². The molecule has 2 rings (SSSR count). The summed E-state index contributed by atoms with van der Waals surface area (Å²) in [5.74, 6) is 0.719. The number of hydrogen-bond donors (Lipinski definition) is 0. The molecule has 1 amide bonds. The van der Waals surface area contributed by atoms with Crippen LogP contribution in [0.1, 0.15) is 20.8 Å². The Morgan fingerprint density at radius 3 is 2.35 bits per heavy atom. The molecule has 0 aliphatic carbocycles. The maximum atomic E-state index is 12.7. The van der Waals surface area contributed by atoms with Gasteiger partial charge in [0.25, 0.3) is 0 Å². The van der Waals surface area contributed by atoms with Crippen LogP contribution < -0.4 is 9.64 Å². The van der Waals surface area contributed by atoms with E-state index >= 15 is 0 Å². The van der Waals surface area contributed by atoms with Crippen molar-refractivity contribution < 1.29 is 14.3 Å². The molecule has 1 aromatic heterocycles. The Kier molecular flexibility index (Phi) is 5.20. The first-order valence-corrected chi connectivity index (χ1v) is 7.75. The summed E-state index contributed by atoms with van der Waals surface area (Å²) in [7, 11) is 1.54. The Morgan fingerprint density at radius 1 is 1.17 bits per heavy atom. The zero-order valence-corrected chi connectivity index (χ0v) is 15.0. The van der Waals surface area contributed by atoms with Crippen LogP contribution in [0.4, 0.5) is 16.4 Å². The number of carbonyl (C=O) groups is 1. The fourth-order valence-electron chi connectivity index (χ4n) is 1.83. The van der Waals surface area contributed by atoms with E-state index in [0.29, 0.717) is 15.9 Å². The van der Waals surface area contributed by atoms with E-state index in [4.69, 9.17) is 9.47 Å². The summed E-state index contributed by atoms with van der Waals surface area (Å²) in [6, 6.07) is 7.12. The highest BCUT2D eigenvalue weighted by atomic mass is 79.9. The number of methoxy groups -OCH3 is 1. The first-order chi connectivity index (χ1) is 10.8. The number of benzene rings is 1. The number of aromatic nitrogens is 2. The minimum atomic E-state index is -0.646. The Labute approximate surface area is 143 Å². The number of ether oxygens (including phenoxy) is 2. The third-order valence-electron chi connectivity index (χ3n) is 2.71. The van der Waals surface area contributed by atoms with Gasteiger partial charge in [0.2, 0.25) is 5.95 Å². The van der Waals surface area contributed by atoms with Crippen molar-refractivity contribution in [2.75, 3.05) is 12.0 Å². The van der Waals surface area contributed by atoms with Crippen LogP contribution >= 0.6 is 15.9 Å². The fourth-order valence-corrected chi connectivity index (χ4v) is 2.04. The number of para-hydroxylation sites is 2. The highest BCUT2D eigenvalue weighted by Gasteiger charge is 2.28. The number of anilines is 2. The zero-order valence-electron chi connectivity index (χ0n) is 13.4. The van der Waals surface area contributed by atoms with E-state index in [9.17, 15) is 4.79 Å². The average Bonchev–Trinajstić information content (AvgIpc) is 2.48. The molecule has 0 bridgehead atoms. The minimum absolute atomic E-state index is 0.201. The topological polar surface area (TPSA) is 64.5 Å². The highest BCUT2D eigenvalue weighted by Crippen LogP contribution is 2.33. The van der Waals surface area contributed by atoms with Gasteiger partial charge in [0.05, 0.1) is 17.3 Å². The second kappa shape index (κ2) is 6.95. The van der Waals surface area contributed by atoms with Crippen molar-refractivity contribution in [2.45, 2.75) is 26.4 Å². The van der Waals surface area contributed by atoms with Crippen LogP contribution in [-0.4, -0.2) is 28.8 Å². The predicted octanol–water partition coefficient (Wildman–Crippen LogP) is 4.32. The van der Waals surface area contributed by atoms with Crippen molar-refractivity contribution in [3.8, 4) is 5.75 Å². The normalized spacial score (nSPS) is 11.0. The Balaban J connectivity index is 2.51. The molecule has 6 nitrogen and oxygen atoms in total. The van der Waals surface area contributed by atoms with E-state index in [2.05, 4.69) is 25.9 Å². The minimum Gasteiger partial charge on any atom is -0.495 e. The lowest BCUT2D eigenvalue weighted by Crippen LogP contribution is -2.35. The molecule has 23 heavy (non-hydrogen) atoms. The molecular formula is C16H18BrN3O3. The lowest BCUT2D eigenvalue weighted by molar-refractivity contribution is 0.0596. The molecule has 0 radical (unpaired) electrons. The third-order valence-corrected chi connectivity index (χ3v) is 3.12. The molecule has 0 saturated carbocycles. The van der Waals surface area contributed by atoms with E-state index in [-0.39, 0.29) is 5.95 Å². The van der Waals surface area contributed by atoms with E-state index in [1.165, 1.54) is 12.0 Å². The number of amides is 1. The van der Waals surface area contributed by atoms with Crippen molar-refractivity contribution >= 4 is 33.7 Å². The van der Waals surface area contributed by atoms with E-state index in [1.807, 2.05) is 6.07 Å².